The van der Waals surface area contributed by atoms with Crippen molar-refractivity contribution in [2.75, 3.05) is 13.1 Å². The second kappa shape index (κ2) is 15.7. The molecule has 0 saturated heterocycles. The normalized spacial score (nSPS) is 11.4. The first-order valence-corrected chi connectivity index (χ1v) is 7.47. The highest BCUT2D eigenvalue weighted by molar-refractivity contribution is 4.81. The van der Waals surface area contributed by atoms with Gasteiger partial charge in [-0.1, -0.05) is 44.3 Å². The molecule has 0 rings (SSSR count). The summed E-state index contributed by atoms with van der Waals surface area (Å²) in [7, 11) is 0. The molecule has 4 N–H and O–H groups in total. The van der Waals surface area contributed by atoms with Gasteiger partial charge in [0.15, 0.2) is 0 Å². The fourth-order valence-electron chi connectivity index (χ4n) is 1.93. The van der Waals surface area contributed by atoms with E-state index in [0.717, 1.165) is 13.1 Å². The van der Waals surface area contributed by atoms with Gasteiger partial charge in [0, 0.05) is 0 Å². The van der Waals surface area contributed by atoms with Crippen molar-refractivity contribution in [1.29, 1.82) is 0 Å². The summed E-state index contributed by atoms with van der Waals surface area (Å²) in [5.41, 5.74) is 10.9. The zero-order valence-electron chi connectivity index (χ0n) is 11.5. The quantitative estimate of drug-likeness (QED) is 0.380. The SMILES string of the molecule is NCCCCC/C=C/CCCCCCCCN. The van der Waals surface area contributed by atoms with E-state index in [1.807, 2.05) is 0 Å². The standard InChI is InChI=1S/C15H32N2/c16-14-12-10-8-6-4-2-1-3-5-7-9-11-13-15-17/h2,4H,1,3,5-17H2/b4-2+. The smallest absolute Gasteiger partial charge is 0.00773 e. The van der Waals surface area contributed by atoms with Crippen LogP contribution < -0.4 is 11.5 Å². The molecule has 0 atom stereocenters. The van der Waals surface area contributed by atoms with Gasteiger partial charge in [-0.25, -0.2) is 0 Å². The lowest BCUT2D eigenvalue weighted by molar-refractivity contribution is 0.600. The summed E-state index contributed by atoms with van der Waals surface area (Å²) in [5, 5.41) is 0. The molecule has 0 bridgehead atoms. The molecule has 0 saturated carbocycles. The van der Waals surface area contributed by atoms with Crippen LogP contribution in [0.5, 0.6) is 0 Å². The first-order chi connectivity index (χ1) is 8.41. The number of rotatable bonds is 13. The number of hydrogen-bond acceptors (Lipinski definition) is 2. The third-order valence-electron chi connectivity index (χ3n) is 3.07. The summed E-state index contributed by atoms with van der Waals surface area (Å²) < 4.78 is 0. The minimum Gasteiger partial charge on any atom is -0.330 e. The summed E-state index contributed by atoms with van der Waals surface area (Å²) in [4.78, 5) is 0. The topological polar surface area (TPSA) is 52.0 Å². The molecule has 2 heteroatoms. The van der Waals surface area contributed by atoms with Gasteiger partial charge in [-0.2, -0.15) is 0 Å². The molecule has 2 nitrogen and oxygen atoms in total. The van der Waals surface area contributed by atoms with Crippen molar-refractivity contribution in [1.82, 2.24) is 0 Å². The Hall–Kier alpha value is -0.340. The van der Waals surface area contributed by atoms with Crippen molar-refractivity contribution in [3.63, 3.8) is 0 Å². The molecule has 0 aliphatic rings. The predicted octanol–water partition coefficient (Wildman–Crippen LogP) is 3.75. The fraction of sp³-hybridized carbons (Fsp3) is 0.867. The van der Waals surface area contributed by atoms with E-state index in [-0.39, 0.29) is 0 Å². The minimum atomic E-state index is 0.841. The van der Waals surface area contributed by atoms with Gasteiger partial charge < -0.3 is 11.5 Å². The Morgan fingerprint density at radius 3 is 1.29 bits per heavy atom. The van der Waals surface area contributed by atoms with E-state index in [1.165, 1.54) is 70.6 Å². The lowest BCUT2D eigenvalue weighted by Crippen LogP contribution is -1.97. The molecule has 0 aromatic carbocycles. The molecule has 0 radical (unpaired) electrons. The van der Waals surface area contributed by atoms with Gasteiger partial charge in [-0.15, -0.1) is 0 Å². The molecule has 0 aromatic rings. The number of allylic oxidation sites excluding steroid dienone is 2. The van der Waals surface area contributed by atoms with Crippen LogP contribution in [0.15, 0.2) is 12.2 Å². The second-order valence-electron chi connectivity index (χ2n) is 4.81. The van der Waals surface area contributed by atoms with E-state index in [9.17, 15) is 0 Å². The van der Waals surface area contributed by atoms with Crippen LogP contribution in [0.3, 0.4) is 0 Å². The highest BCUT2D eigenvalue weighted by Gasteiger charge is 1.89. The van der Waals surface area contributed by atoms with E-state index in [0.29, 0.717) is 0 Å². The molecule has 0 aromatic heterocycles. The van der Waals surface area contributed by atoms with Crippen molar-refractivity contribution in [3.8, 4) is 0 Å². The van der Waals surface area contributed by atoms with Crippen LogP contribution in [0.4, 0.5) is 0 Å². The molecule has 0 spiro atoms. The van der Waals surface area contributed by atoms with Crippen molar-refractivity contribution in [2.24, 2.45) is 11.5 Å². The second-order valence-corrected chi connectivity index (χ2v) is 4.81. The maximum absolute atomic E-state index is 5.45. The largest absolute Gasteiger partial charge is 0.330 e. The zero-order valence-corrected chi connectivity index (χ0v) is 11.5. The predicted molar refractivity (Wildman–Crippen MR) is 78.0 cm³/mol. The van der Waals surface area contributed by atoms with E-state index in [4.69, 9.17) is 11.5 Å². The number of hydrogen-bond donors (Lipinski definition) is 2. The van der Waals surface area contributed by atoms with Crippen molar-refractivity contribution in [2.45, 2.75) is 70.6 Å². The third-order valence-corrected chi connectivity index (χ3v) is 3.07. The van der Waals surface area contributed by atoms with Crippen LogP contribution in [-0.2, 0) is 0 Å². The van der Waals surface area contributed by atoms with Crippen molar-refractivity contribution >= 4 is 0 Å². The summed E-state index contributed by atoms with van der Waals surface area (Å²) >= 11 is 0. The Bertz CT molecular complexity index is 155. The average Bonchev–Trinajstić information content (AvgIpc) is 2.35. The molecular formula is C15H32N2. The summed E-state index contributed by atoms with van der Waals surface area (Å²) in [6, 6.07) is 0. The molecular weight excluding hydrogens is 208 g/mol. The minimum absolute atomic E-state index is 0.841. The van der Waals surface area contributed by atoms with E-state index < -0.39 is 0 Å². The molecule has 17 heavy (non-hydrogen) atoms. The third kappa shape index (κ3) is 15.7. The fourth-order valence-corrected chi connectivity index (χ4v) is 1.93. The van der Waals surface area contributed by atoms with Crippen LogP contribution in [0, 0.1) is 0 Å². The Balaban J connectivity index is 2.99. The Kier molecular flexibility index (Phi) is 15.3. The highest BCUT2D eigenvalue weighted by atomic mass is 14.5. The summed E-state index contributed by atoms with van der Waals surface area (Å²) in [6.45, 7) is 1.70. The molecule has 0 amide bonds. The maximum atomic E-state index is 5.45. The van der Waals surface area contributed by atoms with E-state index in [1.54, 1.807) is 0 Å². The van der Waals surface area contributed by atoms with Gasteiger partial charge in [-0.05, 0) is 51.6 Å². The van der Waals surface area contributed by atoms with E-state index in [2.05, 4.69) is 12.2 Å². The first-order valence-electron chi connectivity index (χ1n) is 7.47. The van der Waals surface area contributed by atoms with Gasteiger partial charge in [0.05, 0.1) is 0 Å². The Morgan fingerprint density at radius 1 is 0.471 bits per heavy atom. The van der Waals surface area contributed by atoms with Gasteiger partial charge >= 0.3 is 0 Å². The summed E-state index contributed by atoms with van der Waals surface area (Å²) in [6.07, 6.45) is 18.9. The molecule has 0 heterocycles. The van der Waals surface area contributed by atoms with Crippen LogP contribution in [0.25, 0.3) is 0 Å². The van der Waals surface area contributed by atoms with Gasteiger partial charge in [0.1, 0.15) is 0 Å². The average molecular weight is 240 g/mol. The zero-order chi connectivity index (χ0) is 12.6. The van der Waals surface area contributed by atoms with Crippen LogP contribution in [-0.4, -0.2) is 13.1 Å². The Morgan fingerprint density at radius 2 is 0.824 bits per heavy atom. The van der Waals surface area contributed by atoms with Crippen molar-refractivity contribution in [3.05, 3.63) is 12.2 Å². The molecule has 0 aliphatic carbocycles. The lowest BCUT2D eigenvalue weighted by atomic mass is 10.1. The van der Waals surface area contributed by atoms with Gasteiger partial charge in [0.2, 0.25) is 0 Å². The van der Waals surface area contributed by atoms with Gasteiger partial charge in [-0.3, -0.25) is 0 Å². The monoisotopic (exact) mass is 240 g/mol. The first kappa shape index (κ1) is 16.7. The van der Waals surface area contributed by atoms with Crippen LogP contribution in [0.2, 0.25) is 0 Å². The molecule has 0 aliphatic heterocycles. The number of unbranched alkanes of at least 4 members (excludes halogenated alkanes) is 9. The van der Waals surface area contributed by atoms with Crippen LogP contribution >= 0.6 is 0 Å². The highest BCUT2D eigenvalue weighted by Crippen LogP contribution is 2.07. The van der Waals surface area contributed by atoms with Crippen molar-refractivity contribution < 1.29 is 0 Å². The Labute approximate surface area is 108 Å². The molecule has 102 valence electrons. The lowest BCUT2D eigenvalue weighted by Gasteiger charge is -1.99. The molecule has 0 unspecified atom stereocenters. The number of nitrogens with two attached hydrogens (primary N) is 2. The van der Waals surface area contributed by atoms with Gasteiger partial charge in [0.25, 0.3) is 0 Å². The van der Waals surface area contributed by atoms with Crippen LogP contribution in [0.1, 0.15) is 70.6 Å². The molecule has 0 fully saturated rings. The summed E-state index contributed by atoms with van der Waals surface area (Å²) in [5.74, 6) is 0. The maximum Gasteiger partial charge on any atom is -0.00773 e. The van der Waals surface area contributed by atoms with E-state index >= 15 is 0 Å².